The molecule has 8 heteroatoms. The van der Waals surface area contributed by atoms with E-state index in [2.05, 4.69) is 16.0 Å². The predicted octanol–water partition coefficient (Wildman–Crippen LogP) is 3.62. The van der Waals surface area contributed by atoms with Gasteiger partial charge in [0.15, 0.2) is 16.6 Å². The second kappa shape index (κ2) is 9.49. The average molecular weight is 428 g/mol. The fraction of sp³-hybridized carbons (Fsp3) is 0.273. The van der Waals surface area contributed by atoms with Crippen LogP contribution in [0.4, 0.5) is 5.69 Å². The van der Waals surface area contributed by atoms with Gasteiger partial charge in [-0.2, -0.15) is 0 Å². The van der Waals surface area contributed by atoms with Gasteiger partial charge >= 0.3 is 0 Å². The smallest absolute Gasteiger partial charge is 0.255 e. The van der Waals surface area contributed by atoms with Crippen molar-refractivity contribution in [2.45, 2.75) is 26.8 Å². The molecule has 1 aliphatic rings. The lowest BCUT2D eigenvalue weighted by atomic mass is 9.94. The van der Waals surface area contributed by atoms with Gasteiger partial charge in [0, 0.05) is 11.4 Å². The first-order valence-electron chi connectivity index (χ1n) is 9.71. The standard InChI is InChI=1S/C22H25N3O4S/c1-4-28-16-9-7-15(8-10-16)24-21(27)19-13(3)23-22(30)25-20(19)14-6-11-17(26)18(12-14)29-5-2/h6-12,20,26H,4-5H2,1-3H3,(H,24,27)(H2,23,25,30)/t20-/m0/s1. The highest BCUT2D eigenvalue weighted by Crippen LogP contribution is 2.34. The Hall–Kier alpha value is -3.26. The molecule has 2 aromatic rings. The zero-order valence-electron chi connectivity index (χ0n) is 17.1. The Morgan fingerprint density at radius 2 is 1.83 bits per heavy atom. The lowest BCUT2D eigenvalue weighted by Gasteiger charge is -2.30. The number of phenolic OH excluding ortho intramolecular Hbond substituents is 1. The molecule has 0 unspecified atom stereocenters. The highest BCUT2D eigenvalue weighted by atomic mass is 32.1. The molecule has 0 saturated heterocycles. The Morgan fingerprint density at radius 1 is 1.13 bits per heavy atom. The molecule has 1 atom stereocenters. The summed E-state index contributed by atoms with van der Waals surface area (Å²) in [5, 5.41) is 19.5. The van der Waals surface area contributed by atoms with Crippen LogP contribution >= 0.6 is 12.2 Å². The number of allylic oxidation sites excluding steroid dienone is 1. The molecule has 1 amide bonds. The summed E-state index contributed by atoms with van der Waals surface area (Å²) >= 11 is 5.30. The van der Waals surface area contributed by atoms with Crippen LogP contribution in [0.1, 0.15) is 32.4 Å². The molecule has 158 valence electrons. The number of carbonyl (C=O) groups is 1. The number of carbonyl (C=O) groups excluding carboxylic acids is 1. The summed E-state index contributed by atoms with van der Waals surface area (Å²) in [5.74, 6) is 0.862. The molecule has 3 rings (SSSR count). The van der Waals surface area contributed by atoms with Gasteiger partial charge in [-0.3, -0.25) is 4.79 Å². The molecule has 0 radical (unpaired) electrons. The molecule has 1 heterocycles. The maximum Gasteiger partial charge on any atom is 0.255 e. The van der Waals surface area contributed by atoms with Crippen molar-refractivity contribution in [2.75, 3.05) is 18.5 Å². The van der Waals surface area contributed by atoms with E-state index in [1.165, 1.54) is 0 Å². The average Bonchev–Trinajstić information content (AvgIpc) is 2.71. The van der Waals surface area contributed by atoms with Gasteiger partial charge in [-0.05, 0) is 75.0 Å². The first kappa shape index (κ1) is 21.4. The van der Waals surface area contributed by atoms with Crippen molar-refractivity contribution in [3.63, 3.8) is 0 Å². The van der Waals surface area contributed by atoms with E-state index < -0.39 is 6.04 Å². The third-order valence-corrected chi connectivity index (χ3v) is 4.77. The van der Waals surface area contributed by atoms with Crippen LogP contribution in [-0.4, -0.2) is 29.3 Å². The van der Waals surface area contributed by atoms with E-state index in [4.69, 9.17) is 21.7 Å². The van der Waals surface area contributed by atoms with Crippen LogP contribution in [-0.2, 0) is 4.79 Å². The molecule has 0 saturated carbocycles. The summed E-state index contributed by atoms with van der Waals surface area (Å²) in [6.45, 7) is 6.54. The number of ether oxygens (including phenoxy) is 2. The minimum absolute atomic E-state index is 0.0400. The zero-order chi connectivity index (χ0) is 21.7. The van der Waals surface area contributed by atoms with Crippen LogP contribution in [0.25, 0.3) is 0 Å². The number of phenols is 1. The highest BCUT2D eigenvalue weighted by molar-refractivity contribution is 7.80. The summed E-state index contributed by atoms with van der Waals surface area (Å²) in [5.41, 5.74) is 2.54. The number of rotatable bonds is 7. The van der Waals surface area contributed by atoms with Crippen LogP contribution in [0, 0.1) is 0 Å². The van der Waals surface area contributed by atoms with Crippen LogP contribution in [0.2, 0.25) is 0 Å². The number of nitrogens with one attached hydrogen (secondary N) is 3. The number of thiocarbonyl (C=S) groups is 1. The summed E-state index contributed by atoms with van der Waals surface area (Å²) in [4.78, 5) is 13.2. The highest BCUT2D eigenvalue weighted by Gasteiger charge is 2.30. The molecule has 4 N–H and O–H groups in total. The molecule has 2 aromatic carbocycles. The number of anilines is 1. The maximum absolute atomic E-state index is 13.2. The van der Waals surface area contributed by atoms with E-state index in [0.29, 0.717) is 41.0 Å². The molecular weight excluding hydrogens is 402 g/mol. The Bertz CT molecular complexity index is 973. The molecule has 0 aliphatic carbocycles. The summed E-state index contributed by atoms with van der Waals surface area (Å²) in [7, 11) is 0. The fourth-order valence-corrected chi connectivity index (χ4v) is 3.50. The molecule has 7 nitrogen and oxygen atoms in total. The Balaban J connectivity index is 1.89. The van der Waals surface area contributed by atoms with Gasteiger partial charge in [0.25, 0.3) is 5.91 Å². The summed E-state index contributed by atoms with van der Waals surface area (Å²) < 4.78 is 10.9. The summed E-state index contributed by atoms with van der Waals surface area (Å²) in [6, 6.07) is 11.7. The van der Waals surface area contributed by atoms with E-state index >= 15 is 0 Å². The van der Waals surface area contributed by atoms with Gasteiger partial charge in [0.1, 0.15) is 5.75 Å². The molecular formula is C22H25N3O4S. The van der Waals surface area contributed by atoms with Crippen molar-refractivity contribution < 1.29 is 19.4 Å². The second-order valence-electron chi connectivity index (χ2n) is 6.64. The fourth-order valence-electron chi connectivity index (χ4n) is 3.23. The SMILES string of the molecule is CCOc1ccc(NC(=O)C2=C(C)NC(=S)N[C@H]2c2ccc(O)c(OCC)c2)cc1. The van der Waals surface area contributed by atoms with E-state index in [9.17, 15) is 9.90 Å². The topological polar surface area (TPSA) is 91.9 Å². The van der Waals surface area contributed by atoms with Gasteiger partial charge in [-0.1, -0.05) is 6.07 Å². The third-order valence-electron chi connectivity index (χ3n) is 4.55. The van der Waals surface area contributed by atoms with Crippen molar-refractivity contribution >= 4 is 28.9 Å². The van der Waals surface area contributed by atoms with Crippen molar-refractivity contribution in [1.82, 2.24) is 10.6 Å². The number of hydrogen-bond acceptors (Lipinski definition) is 5. The third kappa shape index (κ3) is 4.83. The van der Waals surface area contributed by atoms with Gasteiger partial charge < -0.3 is 30.5 Å². The largest absolute Gasteiger partial charge is 0.504 e. The normalized spacial score (nSPS) is 15.8. The Labute approximate surface area is 181 Å². The first-order chi connectivity index (χ1) is 14.4. The summed E-state index contributed by atoms with van der Waals surface area (Å²) in [6.07, 6.45) is 0. The first-order valence-corrected chi connectivity index (χ1v) is 10.1. The van der Waals surface area contributed by atoms with Gasteiger partial charge in [-0.15, -0.1) is 0 Å². The van der Waals surface area contributed by atoms with Crippen LogP contribution in [0.5, 0.6) is 17.2 Å². The minimum atomic E-state index is -0.499. The lowest BCUT2D eigenvalue weighted by molar-refractivity contribution is -0.113. The van der Waals surface area contributed by atoms with Crippen molar-refractivity contribution in [2.24, 2.45) is 0 Å². The minimum Gasteiger partial charge on any atom is -0.504 e. The predicted molar refractivity (Wildman–Crippen MR) is 120 cm³/mol. The Morgan fingerprint density at radius 3 is 2.50 bits per heavy atom. The molecule has 0 fully saturated rings. The van der Waals surface area contributed by atoms with Crippen LogP contribution in [0.15, 0.2) is 53.7 Å². The van der Waals surface area contributed by atoms with E-state index in [-0.39, 0.29) is 11.7 Å². The number of amides is 1. The second-order valence-corrected chi connectivity index (χ2v) is 7.05. The maximum atomic E-state index is 13.2. The number of hydrogen-bond donors (Lipinski definition) is 4. The molecule has 0 spiro atoms. The molecule has 1 aliphatic heterocycles. The zero-order valence-corrected chi connectivity index (χ0v) is 17.9. The van der Waals surface area contributed by atoms with E-state index in [1.54, 1.807) is 49.4 Å². The van der Waals surface area contributed by atoms with Gasteiger partial charge in [0.05, 0.1) is 24.8 Å². The van der Waals surface area contributed by atoms with Crippen LogP contribution in [0.3, 0.4) is 0 Å². The van der Waals surface area contributed by atoms with Gasteiger partial charge in [0.2, 0.25) is 0 Å². The van der Waals surface area contributed by atoms with E-state index in [1.807, 2.05) is 13.8 Å². The van der Waals surface area contributed by atoms with Crippen molar-refractivity contribution in [3.05, 3.63) is 59.3 Å². The lowest BCUT2D eigenvalue weighted by Crippen LogP contribution is -2.45. The molecule has 0 bridgehead atoms. The molecule has 30 heavy (non-hydrogen) atoms. The van der Waals surface area contributed by atoms with Gasteiger partial charge in [-0.25, -0.2) is 0 Å². The van der Waals surface area contributed by atoms with Crippen LogP contribution < -0.4 is 25.4 Å². The van der Waals surface area contributed by atoms with E-state index in [0.717, 1.165) is 11.3 Å². The van der Waals surface area contributed by atoms with Crippen molar-refractivity contribution in [1.29, 1.82) is 0 Å². The molecule has 0 aromatic heterocycles. The monoisotopic (exact) mass is 427 g/mol. The Kier molecular flexibility index (Phi) is 6.79. The number of benzene rings is 2. The van der Waals surface area contributed by atoms with Crippen molar-refractivity contribution in [3.8, 4) is 17.2 Å². The number of aromatic hydroxyl groups is 1. The quantitative estimate of drug-likeness (QED) is 0.502.